The zero-order chi connectivity index (χ0) is 15.3. The van der Waals surface area contributed by atoms with Gasteiger partial charge in [0.15, 0.2) is 0 Å². The van der Waals surface area contributed by atoms with Crippen molar-refractivity contribution >= 4 is 56.2 Å². The van der Waals surface area contributed by atoms with Gasteiger partial charge in [0.05, 0.1) is 20.5 Å². The number of benzene rings is 1. The van der Waals surface area contributed by atoms with Crippen LogP contribution < -0.4 is 15.7 Å². The number of rotatable bonds is 1. The standard InChI is InChI=1S/C15H7ClN2O2S2/c16-9-4-1-5-10-12(9)14(20)18-13(19)11(22-15(18)17-10)7-8-3-2-6-21-8/h1-7H/b11-7+. The molecule has 0 aliphatic rings. The molecule has 0 saturated heterocycles. The van der Waals surface area contributed by atoms with Crippen molar-refractivity contribution in [1.29, 1.82) is 0 Å². The van der Waals surface area contributed by atoms with Gasteiger partial charge in [-0.1, -0.05) is 35.1 Å². The molecule has 7 heteroatoms. The summed E-state index contributed by atoms with van der Waals surface area (Å²) in [4.78, 5) is 30.8. The molecule has 0 fully saturated rings. The third kappa shape index (κ3) is 1.99. The van der Waals surface area contributed by atoms with E-state index in [0.29, 0.717) is 20.0 Å². The smallest absolute Gasteiger partial charge is 0.268 e. The van der Waals surface area contributed by atoms with Crippen LogP contribution in [0.1, 0.15) is 4.88 Å². The van der Waals surface area contributed by atoms with Crippen LogP contribution in [-0.4, -0.2) is 9.38 Å². The number of nitrogens with zero attached hydrogens (tertiary/aromatic N) is 2. The molecule has 0 saturated carbocycles. The van der Waals surface area contributed by atoms with Gasteiger partial charge in [-0.15, -0.1) is 11.3 Å². The van der Waals surface area contributed by atoms with Gasteiger partial charge in [-0.25, -0.2) is 9.38 Å². The van der Waals surface area contributed by atoms with E-state index >= 15 is 0 Å². The number of fused-ring (bicyclic) bond motifs is 2. The molecule has 22 heavy (non-hydrogen) atoms. The summed E-state index contributed by atoms with van der Waals surface area (Å²) in [5.41, 5.74) is -0.271. The Kier molecular flexibility index (Phi) is 3.11. The van der Waals surface area contributed by atoms with Crippen molar-refractivity contribution < 1.29 is 0 Å². The number of halogens is 1. The van der Waals surface area contributed by atoms with Crippen LogP contribution in [0.5, 0.6) is 0 Å². The quantitative estimate of drug-likeness (QED) is 0.532. The molecule has 0 bridgehead atoms. The molecule has 3 heterocycles. The lowest BCUT2D eigenvalue weighted by atomic mass is 10.2. The maximum absolute atomic E-state index is 12.6. The molecular formula is C15H7ClN2O2S2. The van der Waals surface area contributed by atoms with Crippen LogP contribution in [0.2, 0.25) is 5.02 Å². The molecule has 0 N–H and O–H groups in total. The Bertz CT molecular complexity index is 1180. The largest absolute Gasteiger partial charge is 0.277 e. The third-order valence-corrected chi connectivity index (χ3v) is 5.35. The van der Waals surface area contributed by atoms with E-state index in [1.807, 2.05) is 17.5 Å². The van der Waals surface area contributed by atoms with Gasteiger partial charge in [0.2, 0.25) is 4.96 Å². The molecule has 3 aromatic heterocycles. The van der Waals surface area contributed by atoms with Gasteiger partial charge in [0.25, 0.3) is 11.1 Å². The first-order chi connectivity index (χ1) is 10.6. The molecule has 0 radical (unpaired) electrons. The van der Waals surface area contributed by atoms with E-state index in [-0.39, 0.29) is 10.9 Å². The molecule has 0 atom stereocenters. The molecule has 0 unspecified atom stereocenters. The van der Waals surface area contributed by atoms with Gasteiger partial charge in [0.1, 0.15) is 0 Å². The van der Waals surface area contributed by atoms with E-state index < -0.39 is 5.56 Å². The van der Waals surface area contributed by atoms with Crippen molar-refractivity contribution in [3.05, 3.63) is 70.9 Å². The minimum absolute atomic E-state index is 0.277. The Balaban J connectivity index is 2.18. The minimum Gasteiger partial charge on any atom is -0.268 e. The molecule has 0 aliphatic carbocycles. The third-order valence-electron chi connectivity index (χ3n) is 3.25. The zero-order valence-corrected chi connectivity index (χ0v) is 13.3. The summed E-state index contributed by atoms with van der Waals surface area (Å²) < 4.78 is 1.58. The van der Waals surface area contributed by atoms with Crippen molar-refractivity contribution in [1.82, 2.24) is 9.38 Å². The van der Waals surface area contributed by atoms with E-state index in [1.165, 1.54) is 22.7 Å². The van der Waals surface area contributed by atoms with Crippen molar-refractivity contribution in [3.8, 4) is 0 Å². The van der Waals surface area contributed by atoms with Crippen molar-refractivity contribution in [2.45, 2.75) is 0 Å². The van der Waals surface area contributed by atoms with Gasteiger partial charge >= 0.3 is 0 Å². The fourth-order valence-electron chi connectivity index (χ4n) is 2.26. The molecule has 1 aromatic carbocycles. The first-order valence-corrected chi connectivity index (χ1v) is 8.41. The molecule has 0 aliphatic heterocycles. The van der Waals surface area contributed by atoms with Gasteiger partial charge in [-0.2, -0.15) is 0 Å². The number of thiazole rings is 1. The highest BCUT2D eigenvalue weighted by molar-refractivity contribution is 7.15. The van der Waals surface area contributed by atoms with Gasteiger partial charge in [-0.3, -0.25) is 9.59 Å². The predicted octanol–water partition coefficient (Wildman–Crippen LogP) is 2.53. The Morgan fingerprint density at radius 3 is 2.77 bits per heavy atom. The molecule has 0 amide bonds. The summed E-state index contributed by atoms with van der Waals surface area (Å²) in [5, 5.41) is 2.51. The van der Waals surface area contributed by atoms with Crippen LogP contribution in [0.15, 0.2) is 45.3 Å². The lowest BCUT2D eigenvalue weighted by molar-refractivity contribution is 1.05. The highest BCUT2D eigenvalue weighted by Crippen LogP contribution is 2.19. The highest BCUT2D eigenvalue weighted by Gasteiger charge is 2.13. The first kappa shape index (κ1) is 13.6. The van der Waals surface area contributed by atoms with Crippen LogP contribution in [0.3, 0.4) is 0 Å². The second-order valence-corrected chi connectivity index (χ2v) is 7.00. The summed E-state index contributed by atoms with van der Waals surface area (Å²) in [6.07, 6.45) is 1.78. The fourth-order valence-corrected chi connectivity index (χ4v) is 4.21. The second kappa shape index (κ2) is 5.01. The molecule has 4 nitrogen and oxygen atoms in total. The lowest BCUT2D eigenvalue weighted by Crippen LogP contribution is -2.31. The van der Waals surface area contributed by atoms with E-state index in [2.05, 4.69) is 4.98 Å². The Morgan fingerprint density at radius 1 is 1.14 bits per heavy atom. The number of hydrogen-bond donors (Lipinski definition) is 0. The highest BCUT2D eigenvalue weighted by atomic mass is 35.5. The Morgan fingerprint density at radius 2 is 2.00 bits per heavy atom. The van der Waals surface area contributed by atoms with Crippen LogP contribution in [0, 0.1) is 0 Å². The van der Waals surface area contributed by atoms with Crippen LogP contribution in [0.4, 0.5) is 0 Å². The lowest BCUT2D eigenvalue weighted by Gasteiger charge is -1.98. The van der Waals surface area contributed by atoms with Gasteiger partial charge in [0, 0.05) is 4.88 Å². The molecule has 0 spiro atoms. The Labute approximate surface area is 136 Å². The molecule has 4 rings (SSSR count). The molecule has 4 aromatic rings. The van der Waals surface area contributed by atoms with Gasteiger partial charge < -0.3 is 0 Å². The Hall–Kier alpha value is -2.02. The first-order valence-electron chi connectivity index (χ1n) is 6.34. The summed E-state index contributed by atoms with van der Waals surface area (Å²) in [7, 11) is 0. The zero-order valence-electron chi connectivity index (χ0n) is 10.9. The second-order valence-electron chi connectivity index (χ2n) is 4.60. The normalized spacial score (nSPS) is 12.5. The van der Waals surface area contributed by atoms with Gasteiger partial charge in [-0.05, 0) is 29.7 Å². The molecular weight excluding hydrogens is 340 g/mol. The van der Waals surface area contributed by atoms with E-state index in [4.69, 9.17) is 11.6 Å². The van der Waals surface area contributed by atoms with Crippen molar-refractivity contribution in [2.24, 2.45) is 0 Å². The minimum atomic E-state index is -0.419. The number of hydrogen-bond acceptors (Lipinski definition) is 5. The molecule has 108 valence electrons. The van der Waals surface area contributed by atoms with Crippen molar-refractivity contribution in [2.75, 3.05) is 0 Å². The van der Waals surface area contributed by atoms with E-state index in [9.17, 15) is 9.59 Å². The van der Waals surface area contributed by atoms with E-state index in [1.54, 1.807) is 24.3 Å². The maximum atomic E-state index is 12.6. The monoisotopic (exact) mass is 346 g/mol. The van der Waals surface area contributed by atoms with Crippen LogP contribution in [0.25, 0.3) is 21.9 Å². The van der Waals surface area contributed by atoms with E-state index in [0.717, 1.165) is 9.28 Å². The van der Waals surface area contributed by atoms with Crippen molar-refractivity contribution in [3.63, 3.8) is 0 Å². The SMILES string of the molecule is O=c1/c(=C\c2cccs2)sc2nc3cccc(Cl)c3c(=O)n12. The summed E-state index contributed by atoms with van der Waals surface area (Å²) in [6, 6.07) is 8.90. The topological polar surface area (TPSA) is 51.4 Å². The fraction of sp³-hybridized carbons (Fsp3) is 0. The number of aromatic nitrogens is 2. The summed E-state index contributed by atoms with van der Waals surface area (Å²) in [6.45, 7) is 0. The van der Waals surface area contributed by atoms with Crippen LogP contribution >= 0.6 is 34.3 Å². The summed E-state index contributed by atoms with van der Waals surface area (Å²) in [5.74, 6) is 0. The van der Waals surface area contributed by atoms with Crippen LogP contribution in [-0.2, 0) is 0 Å². The average Bonchev–Trinajstić information content (AvgIpc) is 3.09. The predicted molar refractivity (Wildman–Crippen MR) is 91.2 cm³/mol. The maximum Gasteiger partial charge on any atom is 0.277 e. The average molecular weight is 347 g/mol. The number of thiophene rings is 1. The summed E-state index contributed by atoms with van der Waals surface area (Å²) >= 11 is 8.81.